The van der Waals surface area contributed by atoms with Gasteiger partial charge in [0.2, 0.25) is 0 Å². The average molecular weight is 309 g/mol. The number of nitrogens with zero attached hydrogens (tertiary/aromatic N) is 1. The Morgan fingerprint density at radius 1 is 1.14 bits per heavy atom. The number of hydrogen-bond donors (Lipinski definition) is 0. The SMILES string of the molecule is CC(C)(C)OCC1(CN2CCCC2COC(F)(F)F)CC1. The van der Waals surface area contributed by atoms with Gasteiger partial charge in [0, 0.05) is 18.0 Å². The van der Waals surface area contributed by atoms with Crippen LogP contribution in [0.5, 0.6) is 0 Å². The molecule has 0 amide bonds. The molecule has 1 aliphatic carbocycles. The summed E-state index contributed by atoms with van der Waals surface area (Å²) >= 11 is 0. The zero-order valence-corrected chi connectivity index (χ0v) is 13.1. The summed E-state index contributed by atoms with van der Waals surface area (Å²) in [5.41, 5.74) is -0.0203. The number of alkyl halides is 3. The lowest BCUT2D eigenvalue weighted by molar-refractivity contribution is -0.328. The van der Waals surface area contributed by atoms with Crippen molar-refractivity contribution in [2.45, 2.75) is 64.5 Å². The van der Waals surface area contributed by atoms with Gasteiger partial charge in [-0.3, -0.25) is 9.64 Å². The van der Waals surface area contributed by atoms with Crippen molar-refractivity contribution in [1.82, 2.24) is 4.90 Å². The molecule has 1 saturated carbocycles. The highest BCUT2D eigenvalue weighted by Crippen LogP contribution is 2.48. The summed E-state index contributed by atoms with van der Waals surface area (Å²) in [6, 6.07) is -0.112. The van der Waals surface area contributed by atoms with Crippen LogP contribution in [0.4, 0.5) is 13.2 Å². The van der Waals surface area contributed by atoms with E-state index in [0.29, 0.717) is 6.61 Å². The number of ether oxygens (including phenoxy) is 2. The molecule has 21 heavy (non-hydrogen) atoms. The quantitative estimate of drug-likeness (QED) is 0.748. The molecule has 1 heterocycles. The van der Waals surface area contributed by atoms with E-state index in [1.807, 2.05) is 20.8 Å². The molecule has 0 aromatic carbocycles. The van der Waals surface area contributed by atoms with Gasteiger partial charge >= 0.3 is 6.36 Å². The lowest BCUT2D eigenvalue weighted by atomic mass is 10.1. The summed E-state index contributed by atoms with van der Waals surface area (Å²) in [6.45, 7) is 8.22. The summed E-state index contributed by atoms with van der Waals surface area (Å²) < 4.78 is 46.4. The molecule has 0 bridgehead atoms. The molecule has 1 aliphatic heterocycles. The van der Waals surface area contributed by atoms with E-state index in [0.717, 1.165) is 38.8 Å². The van der Waals surface area contributed by atoms with Gasteiger partial charge in [-0.2, -0.15) is 0 Å². The fourth-order valence-corrected chi connectivity index (χ4v) is 2.81. The Hall–Kier alpha value is -0.330. The lowest BCUT2D eigenvalue weighted by Gasteiger charge is -2.31. The van der Waals surface area contributed by atoms with Crippen molar-refractivity contribution in [1.29, 1.82) is 0 Å². The predicted octanol–water partition coefficient (Wildman–Crippen LogP) is 3.58. The minimum atomic E-state index is -4.53. The van der Waals surface area contributed by atoms with Crippen LogP contribution in [-0.2, 0) is 9.47 Å². The Morgan fingerprint density at radius 3 is 2.33 bits per heavy atom. The van der Waals surface area contributed by atoms with Gasteiger partial charge in [0.25, 0.3) is 0 Å². The standard InChI is InChI=1S/C15H26F3NO2/c1-13(2,3)21-11-14(6-7-14)10-19-8-4-5-12(19)9-20-15(16,17)18/h12H,4-11H2,1-3H3. The van der Waals surface area contributed by atoms with Crippen molar-refractivity contribution >= 4 is 0 Å². The fraction of sp³-hybridized carbons (Fsp3) is 1.00. The second kappa shape index (κ2) is 6.05. The van der Waals surface area contributed by atoms with E-state index < -0.39 is 6.36 Å². The minimum absolute atomic E-state index is 0.112. The third-order valence-electron chi connectivity index (χ3n) is 4.25. The molecule has 1 atom stereocenters. The summed E-state index contributed by atoms with van der Waals surface area (Å²) in [6.07, 6.45) is -0.589. The number of rotatable bonds is 6. The van der Waals surface area contributed by atoms with Crippen molar-refractivity contribution in [3.05, 3.63) is 0 Å². The largest absolute Gasteiger partial charge is 0.522 e. The van der Waals surface area contributed by atoms with Gasteiger partial charge < -0.3 is 4.74 Å². The van der Waals surface area contributed by atoms with E-state index in [9.17, 15) is 13.2 Å². The summed E-state index contributed by atoms with van der Waals surface area (Å²) in [5, 5.41) is 0. The fourth-order valence-electron chi connectivity index (χ4n) is 2.81. The smallest absolute Gasteiger partial charge is 0.375 e. The maximum absolute atomic E-state index is 12.2. The first kappa shape index (κ1) is 17.0. The molecule has 1 saturated heterocycles. The number of halogens is 3. The van der Waals surface area contributed by atoms with Gasteiger partial charge in [0.15, 0.2) is 0 Å². The van der Waals surface area contributed by atoms with E-state index >= 15 is 0 Å². The van der Waals surface area contributed by atoms with Crippen molar-refractivity contribution in [3.63, 3.8) is 0 Å². The Labute approximate surface area is 124 Å². The Balaban J connectivity index is 1.81. The zero-order valence-electron chi connectivity index (χ0n) is 13.1. The van der Waals surface area contributed by atoms with E-state index in [1.54, 1.807) is 0 Å². The van der Waals surface area contributed by atoms with Gasteiger partial charge in [-0.05, 0) is 53.0 Å². The Kier molecular flexibility index (Phi) is 4.90. The van der Waals surface area contributed by atoms with Crippen LogP contribution in [0.3, 0.4) is 0 Å². The molecule has 2 rings (SSSR count). The molecule has 2 fully saturated rings. The topological polar surface area (TPSA) is 21.7 Å². The molecular formula is C15H26F3NO2. The van der Waals surface area contributed by atoms with Crippen molar-refractivity contribution in [3.8, 4) is 0 Å². The highest BCUT2D eigenvalue weighted by Gasteiger charge is 2.46. The monoisotopic (exact) mass is 309 g/mol. The van der Waals surface area contributed by atoms with Crippen LogP contribution < -0.4 is 0 Å². The molecule has 2 aliphatic rings. The van der Waals surface area contributed by atoms with Crippen molar-refractivity contribution < 1.29 is 22.6 Å². The molecule has 3 nitrogen and oxygen atoms in total. The van der Waals surface area contributed by atoms with Gasteiger partial charge in [-0.25, -0.2) is 0 Å². The third kappa shape index (κ3) is 5.75. The highest BCUT2D eigenvalue weighted by molar-refractivity contribution is 4.98. The average Bonchev–Trinajstić information content (AvgIpc) is 2.94. The lowest BCUT2D eigenvalue weighted by Crippen LogP contribution is -2.40. The first-order valence-corrected chi connectivity index (χ1v) is 7.67. The van der Waals surface area contributed by atoms with Crippen LogP contribution in [0.1, 0.15) is 46.5 Å². The van der Waals surface area contributed by atoms with Crippen LogP contribution in [-0.4, -0.2) is 49.2 Å². The van der Waals surface area contributed by atoms with Gasteiger partial charge in [-0.1, -0.05) is 0 Å². The molecule has 0 aromatic heterocycles. The maximum Gasteiger partial charge on any atom is 0.522 e. The molecule has 0 N–H and O–H groups in total. The van der Waals surface area contributed by atoms with E-state index in [2.05, 4.69) is 9.64 Å². The molecule has 0 radical (unpaired) electrons. The minimum Gasteiger partial charge on any atom is -0.375 e. The predicted molar refractivity (Wildman–Crippen MR) is 74.0 cm³/mol. The molecule has 0 aromatic rings. The molecular weight excluding hydrogens is 283 g/mol. The summed E-state index contributed by atoms with van der Waals surface area (Å²) in [7, 11) is 0. The van der Waals surface area contributed by atoms with E-state index in [1.165, 1.54) is 0 Å². The van der Waals surface area contributed by atoms with E-state index in [-0.39, 0.29) is 23.7 Å². The van der Waals surface area contributed by atoms with Gasteiger partial charge in [0.05, 0.1) is 18.8 Å². The Bertz CT molecular complexity index is 348. The van der Waals surface area contributed by atoms with Crippen LogP contribution in [0.2, 0.25) is 0 Å². The normalized spacial score (nSPS) is 26.3. The van der Waals surface area contributed by atoms with Crippen LogP contribution in [0.15, 0.2) is 0 Å². The first-order valence-electron chi connectivity index (χ1n) is 7.67. The van der Waals surface area contributed by atoms with Crippen LogP contribution in [0.25, 0.3) is 0 Å². The molecule has 0 spiro atoms. The van der Waals surface area contributed by atoms with Crippen molar-refractivity contribution in [2.75, 3.05) is 26.3 Å². The number of likely N-dealkylation sites (tertiary alicyclic amines) is 1. The van der Waals surface area contributed by atoms with Crippen LogP contribution >= 0.6 is 0 Å². The highest BCUT2D eigenvalue weighted by atomic mass is 19.4. The summed E-state index contributed by atoms with van der Waals surface area (Å²) in [5.74, 6) is 0. The molecule has 1 unspecified atom stereocenters. The third-order valence-corrected chi connectivity index (χ3v) is 4.25. The van der Waals surface area contributed by atoms with Gasteiger partial charge in [0.1, 0.15) is 0 Å². The molecule has 6 heteroatoms. The second-order valence-electron chi connectivity index (χ2n) is 7.42. The van der Waals surface area contributed by atoms with Gasteiger partial charge in [-0.15, -0.1) is 13.2 Å². The molecule has 124 valence electrons. The summed E-state index contributed by atoms with van der Waals surface area (Å²) in [4.78, 5) is 2.16. The second-order valence-corrected chi connectivity index (χ2v) is 7.42. The first-order chi connectivity index (χ1) is 9.59. The maximum atomic E-state index is 12.2. The zero-order chi connectivity index (χ0) is 15.7. The number of hydrogen-bond acceptors (Lipinski definition) is 3. The Morgan fingerprint density at radius 2 is 1.81 bits per heavy atom. The van der Waals surface area contributed by atoms with Crippen molar-refractivity contribution in [2.24, 2.45) is 5.41 Å². The van der Waals surface area contributed by atoms with E-state index in [4.69, 9.17) is 4.74 Å². The van der Waals surface area contributed by atoms with Crippen LogP contribution in [0, 0.1) is 5.41 Å².